The fraction of sp³-hybridized carbons (Fsp3) is 0.444. The summed E-state index contributed by atoms with van der Waals surface area (Å²) in [7, 11) is 1.69. The SMILES string of the molecule is COc1ccccc1N1CCN(c2ccc(=O)n(Cc3ccc(C(=O)NC4CCCCC4)o3)n2)CC1. The number of nitrogens with zero attached hydrogens (tertiary/aromatic N) is 4. The Morgan fingerprint density at radius 3 is 2.53 bits per heavy atom. The molecule has 190 valence electrons. The minimum absolute atomic E-state index is 0.171. The van der Waals surface area contributed by atoms with E-state index < -0.39 is 0 Å². The highest BCUT2D eigenvalue weighted by atomic mass is 16.5. The maximum Gasteiger partial charge on any atom is 0.287 e. The third-order valence-electron chi connectivity index (χ3n) is 7.01. The fourth-order valence-electron chi connectivity index (χ4n) is 5.02. The van der Waals surface area contributed by atoms with Gasteiger partial charge in [0.15, 0.2) is 5.76 Å². The van der Waals surface area contributed by atoms with Gasteiger partial charge in [-0.3, -0.25) is 9.59 Å². The number of methoxy groups -OCH3 is 1. The average Bonchev–Trinajstić information content (AvgIpc) is 3.39. The zero-order valence-corrected chi connectivity index (χ0v) is 20.7. The van der Waals surface area contributed by atoms with Crippen LogP contribution in [0, 0.1) is 0 Å². The van der Waals surface area contributed by atoms with Gasteiger partial charge in [-0.2, -0.15) is 5.10 Å². The zero-order chi connectivity index (χ0) is 24.9. The number of nitrogens with one attached hydrogen (secondary N) is 1. The number of hydrogen-bond donors (Lipinski definition) is 1. The van der Waals surface area contributed by atoms with Crippen LogP contribution in [0.4, 0.5) is 11.5 Å². The molecule has 1 saturated carbocycles. The van der Waals surface area contributed by atoms with Crippen LogP contribution in [-0.4, -0.2) is 55.0 Å². The summed E-state index contributed by atoms with van der Waals surface area (Å²) in [5.74, 6) is 2.21. The number of hydrogen-bond acceptors (Lipinski definition) is 7. The van der Waals surface area contributed by atoms with E-state index in [0.29, 0.717) is 5.76 Å². The first-order valence-corrected chi connectivity index (χ1v) is 12.7. The predicted molar refractivity (Wildman–Crippen MR) is 138 cm³/mol. The molecule has 5 rings (SSSR count). The number of rotatable bonds is 7. The number of benzene rings is 1. The second-order valence-electron chi connectivity index (χ2n) is 9.41. The van der Waals surface area contributed by atoms with Crippen molar-refractivity contribution in [1.29, 1.82) is 0 Å². The lowest BCUT2D eigenvalue weighted by Gasteiger charge is -2.37. The summed E-state index contributed by atoms with van der Waals surface area (Å²) in [5.41, 5.74) is 0.870. The first kappa shape index (κ1) is 24.0. The van der Waals surface area contributed by atoms with E-state index in [1.807, 2.05) is 18.2 Å². The Morgan fingerprint density at radius 2 is 1.75 bits per heavy atom. The van der Waals surface area contributed by atoms with Crippen LogP contribution in [0.5, 0.6) is 5.75 Å². The van der Waals surface area contributed by atoms with Gasteiger partial charge >= 0.3 is 0 Å². The third-order valence-corrected chi connectivity index (χ3v) is 7.01. The molecule has 1 saturated heterocycles. The van der Waals surface area contributed by atoms with Gasteiger partial charge in [-0.25, -0.2) is 4.68 Å². The normalized spacial score (nSPS) is 16.7. The summed E-state index contributed by atoms with van der Waals surface area (Å²) in [5, 5.41) is 7.66. The van der Waals surface area contributed by atoms with E-state index in [1.165, 1.54) is 17.2 Å². The molecule has 36 heavy (non-hydrogen) atoms. The van der Waals surface area contributed by atoms with Crippen molar-refractivity contribution in [3.8, 4) is 5.75 Å². The Morgan fingerprint density at radius 1 is 1.00 bits per heavy atom. The number of furan rings is 1. The first-order chi connectivity index (χ1) is 17.6. The maximum absolute atomic E-state index is 12.6. The van der Waals surface area contributed by atoms with Crippen LogP contribution in [0.2, 0.25) is 0 Å². The summed E-state index contributed by atoms with van der Waals surface area (Å²) in [6.45, 7) is 3.35. The number of aromatic nitrogens is 2. The summed E-state index contributed by atoms with van der Waals surface area (Å²) < 4.78 is 12.7. The van der Waals surface area contributed by atoms with Crippen molar-refractivity contribution in [3.05, 3.63) is 70.4 Å². The lowest BCUT2D eigenvalue weighted by atomic mass is 9.95. The number of carbonyl (C=O) groups is 1. The Balaban J connectivity index is 1.22. The van der Waals surface area contributed by atoms with Gasteiger partial charge in [-0.15, -0.1) is 0 Å². The van der Waals surface area contributed by atoms with Crippen molar-refractivity contribution in [2.24, 2.45) is 0 Å². The van der Waals surface area contributed by atoms with Gasteiger partial charge in [0.1, 0.15) is 23.9 Å². The van der Waals surface area contributed by atoms with E-state index in [0.717, 1.165) is 69.1 Å². The quantitative estimate of drug-likeness (QED) is 0.542. The molecule has 3 heterocycles. The standard InChI is InChI=1S/C27H33N5O4/c1-35-23-10-6-5-9-22(23)30-15-17-31(18-16-30)25-13-14-26(33)32(29-25)19-21-11-12-24(36-21)27(34)28-20-7-3-2-4-8-20/h5-6,9-14,20H,2-4,7-8,15-19H2,1H3,(H,28,34). The topological polar surface area (TPSA) is 92.8 Å². The molecule has 1 amide bonds. The minimum Gasteiger partial charge on any atom is -0.495 e. The van der Waals surface area contributed by atoms with Gasteiger partial charge in [0, 0.05) is 38.3 Å². The number of anilines is 2. The van der Waals surface area contributed by atoms with Crippen molar-refractivity contribution in [1.82, 2.24) is 15.1 Å². The van der Waals surface area contributed by atoms with Crippen molar-refractivity contribution < 1.29 is 13.9 Å². The lowest BCUT2D eigenvalue weighted by Crippen LogP contribution is -2.47. The predicted octanol–water partition coefficient (Wildman–Crippen LogP) is 3.28. The monoisotopic (exact) mass is 491 g/mol. The van der Waals surface area contributed by atoms with Gasteiger partial charge in [0.2, 0.25) is 0 Å². The highest BCUT2D eigenvalue weighted by Gasteiger charge is 2.22. The maximum atomic E-state index is 12.6. The molecule has 2 aromatic heterocycles. The molecule has 0 atom stereocenters. The summed E-state index contributed by atoms with van der Waals surface area (Å²) in [4.78, 5) is 29.5. The van der Waals surface area contributed by atoms with E-state index in [-0.39, 0.29) is 29.8 Å². The molecule has 1 aliphatic heterocycles. The molecular formula is C27H33N5O4. The van der Waals surface area contributed by atoms with Gasteiger partial charge in [-0.1, -0.05) is 31.4 Å². The largest absolute Gasteiger partial charge is 0.495 e. The highest BCUT2D eigenvalue weighted by Crippen LogP contribution is 2.29. The van der Waals surface area contributed by atoms with Crippen molar-refractivity contribution in [2.75, 3.05) is 43.1 Å². The van der Waals surface area contributed by atoms with E-state index in [2.05, 4.69) is 26.3 Å². The van der Waals surface area contributed by atoms with Gasteiger partial charge in [0.05, 0.1) is 12.8 Å². The van der Waals surface area contributed by atoms with Crippen LogP contribution in [0.1, 0.15) is 48.4 Å². The van der Waals surface area contributed by atoms with Crippen molar-refractivity contribution in [3.63, 3.8) is 0 Å². The van der Waals surface area contributed by atoms with Crippen molar-refractivity contribution in [2.45, 2.75) is 44.7 Å². The second-order valence-corrected chi connectivity index (χ2v) is 9.41. The van der Waals surface area contributed by atoms with E-state index in [4.69, 9.17) is 9.15 Å². The number of ether oxygens (including phenoxy) is 1. The smallest absolute Gasteiger partial charge is 0.287 e. The fourth-order valence-corrected chi connectivity index (χ4v) is 5.02. The molecule has 0 radical (unpaired) electrons. The molecule has 2 aliphatic rings. The molecule has 2 fully saturated rings. The summed E-state index contributed by atoms with van der Waals surface area (Å²) in [6.07, 6.45) is 5.55. The molecular weight excluding hydrogens is 458 g/mol. The molecule has 1 aromatic carbocycles. The molecule has 0 unspecified atom stereocenters. The van der Waals surface area contributed by atoms with Gasteiger partial charge in [0.25, 0.3) is 11.5 Å². The number of para-hydroxylation sites is 2. The Bertz CT molecular complexity index is 1240. The van der Waals surface area contributed by atoms with E-state index in [1.54, 1.807) is 25.3 Å². The molecule has 1 N–H and O–H groups in total. The van der Waals surface area contributed by atoms with Gasteiger partial charge in [-0.05, 0) is 43.2 Å². The first-order valence-electron chi connectivity index (χ1n) is 12.7. The van der Waals surface area contributed by atoms with Crippen LogP contribution >= 0.6 is 0 Å². The molecule has 1 aliphatic carbocycles. The van der Waals surface area contributed by atoms with Crippen LogP contribution in [-0.2, 0) is 6.54 Å². The Hall–Kier alpha value is -3.75. The average molecular weight is 492 g/mol. The summed E-state index contributed by atoms with van der Waals surface area (Å²) in [6, 6.07) is 14.9. The summed E-state index contributed by atoms with van der Waals surface area (Å²) >= 11 is 0. The van der Waals surface area contributed by atoms with Crippen LogP contribution in [0.15, 0.2) is 57.7 Å². The van der Waals surface area contributed by atoms with Gasteiger partial charge < -0.3 is 24.3 Å². The number of amides is 1. The Kier molecular flexibility index (Phi) is 7.25. The number of piperazine rings is 1. The Labute approximate surface area is 210 Å². The highest BCUT2D eigenvalue weighted by molar-refractivity contribution is 5.91. The molecule has 9 heteroatoms. The zero-order valence-electron chi connectivity index (χ0n) is 20.7. The van der Waals surface area contributed by atoms with Crippen LogP contribution < -0.4 is 25.4 Å². The minimum atomic E-state index is -0.212. The lowest BCUT2D eigenvalue weighted by molar-refractivity contribution is 0.0897. The molecule has 0 bridgehead atoms. The van der Waals surface area contributed by atoms with E-state index >= 15 is 0 Å². The molecule has 0 spiro atoms. The van der Waals surface area contributed by atoms with E-state index in [9.17, 15) is 9.59 Å². The van der Waals surface area contributed by atoms with Crippen molar-refractivity contribution >= 4 is 17.4 Å². The number of carbonyl (C=O) groups excluding carboxylic acids is 1. The second kappa shape index (κ2) is 10.9. The van der Waals surface area contributed by atoms with Crippen LogP contribution in [0.3, 0.4) is 0 Å². The van der Waals surface area contributed by atoms with Crippen LogP contribution in [0.25, 0.3) is 0 Å². The molecule has 9 nitrogen and oxygen atoms in total. The third kappa shape index (κ3) is 5.40. The molecule has 3 aromatic rings.